The standard InChI is InChI=1S/C29H34O6/c1-30-28-27(34-20-24-16-10-5-11-17-24)26(33-19-23-14-8-4-9-15-23)25(35-29(28)31-2)21-32-18-22-12-6-3-7-13-22/h3-17,25-29H,18-21H2,1-2H3/t25-,26+,27+,28-,29+/m1/s1. The zero-order valence-electron chi connectivity index (χ0n) is 20.3. The highest BCUT2D eigenvalue weighted by Crippen LogP contribution is 2.30. The van der Waals surface area contributed by atoms with E-state index in [1.165, 1.54) is 0 Å². The molecule has 0 aromatic heterocycles. The molecule has 6 heteroatoms. The maximum Gasteiger partial charge on any atom is 0.186 e. The molecule has 35 heavy (non-hydrogen) atoms. The first-order chi connectivity index (χ1) is 17.3. The molecule has 4 rings (SSSR count). The van der Waals surface area contributed by atoms with Gasteiger partial charge in [0.25, 0.3) is 0 Å². The van der Waals surface area contributed by atoms with E-state index in [0.717, 1.165) is 16.7 Å². The van der Waals surface area contributed by atoms with Gasteiger partial charge in [-0.25, -0.2) is 0 Å². The van der Waals surface area contributed by atoms with Gasteiger partial charge in [-0.05, 0) is 16.7 Å². The van der Waals surface area contributed by atoms with Gasteiger partial charge in [0, 0.05) is 14.2 Å². The minimum atomic E-state index is -0.609. The lowest BCUT2D eigenvalue weighted by molar-refractivity contribution is -0.317. The fourth-order valence-electron chi connectivity index (χ4n) is 4.24. The number of methoxy groups -OCH3 is 2. The molecule has 0 saturated carbocycles. The first-order valence-electron chi connectivity index (χ1n) is 11.9. The van der Waals surface area contributed by atoms with Crippen LogP contribution in [0.2, 0.25) is 0 Å². The second kappa shape index (κ2) is 13.5. The average Bonchev–Trinajstić information content (AvgIpc) is 2.92. The van der Waals surface area contributed by atoms with Gasteiger partial charge in [0.2, 0.25) is 0 Å². The third kappa shape index (κ3) is 7.21. The Bertz CT molecular complexity index is 968. The minimum absolute atomic E-state index is 0.329. The van der Waals surface area contributed by atoms with E-state index < -0.39 is 30.7 Å². The van der Waals surface area contributed by atoms with Crippen molar-refractivity contribution in [2.24, 2.45) is 0 Å². The summed E-state index contributed by atoms with van der Waals surface area (Å²) in [5.74, 6) is 0. The average molecular weight is 479 g/mol. The van der Waals surface area contributed by atoms with Gasteiger partial charge in [-0.3, -0.25) is 0 Å². The molecule has 3 aromatic rings. The van der Waals surface area contributed by atoms with Gasteiger partial charge >= 0.3 is 0 Å². The molecule has 0 radical (unpaired) electrons. The minimum Gasteiger partial charge on any atom is -0.374 e. The van der Waals surface area contributed by atoms with E-state index in [0.29, 0.717) is 26.4 Å². The van der Waals surface area contributed by atoms with Crippen LogP contribution in [0.4, 0.5) is 0 Å². The van der Waals surface area contributed by atoms with Gasteiger partial charge < -0.3 is 28.4 Å². The second-order valence-corrected chi connectivity index (χ2v) is 8.50. The summed E-state index contributed by atoms with van der Waals surface area (Å²) < 4.78 is 36.7. The Morgan fingerprint density at radius 1 is 0.571 bits per heavy atom. The molecule has 0 unspecified atom stereocenters. The summed E-state index contributed by atoms with van der Waals surface area (Å²) >= 11 is 0. The van der Waals surface area contributed by atoms with Crippen molar-refractivity contribution in [3.8, 4) is 0 Å². The number of ether oxygens (including phenoxy) is 6. The van der Waals surface area contributed by atoms with Crippen molar-refractivity contribution in [1.29, 1.82) is 0 Å². The Morgan fingerprint density at radius 2 is 1.06 bits per heavy atom. The molecule has 1 fully saturated rings. The first kappa shape index (κ1) is 25.5. The highest BCUT2D eigenvalue weighted by molar-refractivity contribution is 5.15. The first-order valence-corrected chi connectivity index (χ1v) is 11.9. The van der Waals surface area contributed by atoms with Crippen LogP contribution >= 0.6 is 0 Å². The third-order valence-corrected chi connectivity index (χ3v) is 6.06. The van der Waals surface area contributed by atoms with Crippen molar-refractivity contribution in [2.75, 3.05) is 20.8 Å². The smallest absolute Gasteiger partial charge is 0.186 e. The number of hydrogen-bond donors (Lipinski definition) is 0. The fraction of sp³-hybridized carbons (Fsp3) is 0.379. The van der Waals surface area contributed by atoms with Crippen molar-refractivity contribution in [1.82, 2.24) is 0 Å². The van der Waals surface area contributed by atoms with E-state index in [9.17, 15) is 0 Å². The van der Waals surface area contributed by atoms with E-state index >= 15 is 0 Å². The highest BCUT2D eigenvalue weighted by atomic mass is 16.7. The van der Waals surface area contributed by atoms with Crippen LogP contribution in [0.5, 0.6) is 0 Å². The summed E-state index contributed by atoms with van der Waals surface area (Å²) in [6.45, 7) is 1.65. The summed E-state index contributed by atoms with van der Waals surface area (Å²) in [6.07, 6.45) is -2.32. The summed E-state index contributed by atoms with van der Waals surface area (Å²) in [7, 11) is 3.25. The molecule has 1 heterocycles. The van der Waals surface area contributed by atoms with Gasteiger partial charge in [0.05, 0.1) is 26.4 Å². The molecule has 6 nitrogen and oxygen atoms in total. The van der Waals surface area contributed by atoms with Gasteiger partial charge in [-0.2, -0.15) is 0 Å². The van der Waals surface area contributed by atoms with Crippen molar-refractivity contribution in [2.45, 2.75) is 50.5 Å². The van der Waals surface area contributed by atoms with Crippen LogP contribution in [0.25, 0.3) is 0 Å². The van der Waals surface area contributed by atoms with Crippen LogP contribution in [-0.2, 0) is 48.2 Å². The van der Waals surface area contributed by atoms with E-state index in [1.54, 1.807) is 14.2 Å². The van der Waals surface area contributed by atoms with E-state index in [-0.39, 0.29) is 0 Å². The molecule has 3 aromatic carbocycles. The van der Waals surface area contributed by atoms with Gasteiger partial charge in [-0.1, -0.05) is 91.0 Å². The largest absolute Gasteiger partial charge is 0.374 e. The zero-order chi connectivity index (χ0) is 24.3. The van der Waals surface area contributed by atoms with Crippen LogP contribution < -0.4 is 0 Å². The topological polar surface area (TPSA) is 55.4 Å². The molecule has 186 valence electrons. The SMILES string of the molecule is CO[C@H]1O[C@H](COCc2ccccc2)[C@H](OCc2ccccc2)[C@H](OCc2ccccc2)[C@H]1OC. The molecular weight excluding hydrogens is 444 g/mol. The van der Waals surface area contributed by atoms with Crippen molar-refractivity contribution in [3.05, 3.63) is 108 Å². The summed E-state index contributed by atoms with van der Waals surface area (Å²) in [5.41, 5.74) is 3.24. The molecule has 0 spiro atoms. The fourth-order valence-corrected chi connectivity index (χ4v) is 4.24. The maximum absolute atomic E-state index is 6.44. The van der Waals surface area contributed by atoms with Crippen molar-refractivity contribution < 1.29 is 28.4 Å². The van der Waals surface area contributed by atoms with Crippen molar-refractivity contribution >= 4 is 0 Å². The lowest BCUT2D eigenvalue weighted by Gasteiger charge is -2.45. The summed E-state index contributed by atoms with van der Waals surface area (Å²) in [6, 6.07) is 30.2. The predicted molar refractivity (Wildman–Crippen MR) is 133 cm³/mol. The number of benzene rings is 3. The summed E-state index contributed by atoms with van der Waals surface area (Å²) in [4.78, 5) is 0. The monoisotopic (exact) mass is 478 g/mol. The van der Waals surface area contributed by atoms with Crippen LogP contribution in [0.1, 0.15) is 16.7 Å². The lowest BCUT2D eigenvalue weighted by Crippen LogP contribution is -2.61. The normalized spacial score (nSPS) is 24.3. The Morgan fingerprint density at radius 3 is 1.54 bits per heavy atom. The van der Waals surface area contributed by atoms with Gasteiger partial charge in [-0.15, -0.1) is 0 Å². The highest BCUT2D eigenvalue weighted by Gasteiger charge is 2.48. The Hall–Kier alpha value is -2.58. The molecule has 1 aliphatic heterocycles. The van der Waals surface area contributed by atoms with Crippen molar-refractivity contribution in [3.63, 3.8) is 0 Å². The molecule has 0 aliphatic carbocycles. The lowest BCUT2D eigenvalue weighted by atomic mass is 9.98. The van der Waals surface area contributed by atoms with Gasteiger partial charge in [0.1, 0.15) is 24.4 Å². The number of rotatable bonds is 12. The molecule has 0 amide bonds. The van der Waals surface area contributed by atoms with E-state index in [2.05, 4.69) is 0 Å². The van der Waals surface area contributed by atoms with Crippen LogP contribution in [0, 0.1) is 0 Å². The Labute approximate surface area is 207 Å². The molecule has 5 atom stereocenters. The van der Waals surface area contributed by atoms with Crippen LogP contribution in [0.15, 0.2) is 91.0 Å². The molecular formula is C29H34O6. The summed E-state index contributed by atoms with van der Waals surface area (Å²) in [5, 5.41) is 0. The Kier molecular flexibility index (Phi) is 9.84. The molecule has 0 N–H and O–H groups in total. The quantitative estimate of drug-likeness (QED) is 0.374. The maximum atomic E-state index is 6.44. The zero-order valence-corrected chi connectivity index (χ0v) is 20.3. The molecule has 0 bridgehead atoms. The Balaban J connectivity index is 1.51. The van der Waals surface area contributed by atoms with Crippen LogP contribution in [-0.4, -0.2) is 51.5 Å². The second-order valence-electron chi connectivity index (χ2n) is 8.50. The van der Waals surface area contributed by atoms with Gasteiger partial charge in [0.15, 0.2) is 6.29 Å². The predicted octanol–water partition coefficient (Wildman–Crippen LogP) is 4.76. The van der Waals surface area contributed by atoms with E-state index in [1.807, 2.05) is 91.0 Å². The number of hydrogen-bond acceptors (Lipinski definition) is 6. The molecule has 1 aliphatic rings. The molecule has 1 saturated heterocycles. The third-order valence-electron chi connectivity index (χ3n) is 6.06. The van der Waals surface area contributed by atoms with Crippen LogP contribution in [0.3, 0.4) is 0 Å². The van der Waals surface area contributed by atoms with E-state index in [4.69, 9.17) is 28.4 Å².